The Labute approximate surface area is 170 Å². The van der Waals surface area contributed by atoms with Crippen LogP contribution in [0.15, 0.2) is 6.33 Å². The van der Waals surface area contributed by atoms with Gasteiger partial charge in [-0.1, -0.05) is 33.6 Å². The summed E-state index contributed by atoms with van der Waals surface area (Å²) in [5.74, 6) is 6.97. The molecule has 1 aromatic rings. The van der Waals surface area contributed by atoms with Gasteiger partial charge in [0.05, 0.1) is 0 Å². The number of carbonyl (C=O) groups excluding carboxylic acids is 1. The number of rotatable bonds is 4. The van der Waals surface area contributed by atoms with Crippen LogP contribution in [0.2, 0.25) is 0 Å². The van der Waals surface area contributed by atoms with Crippen molar-refractivity contribution < 1.29 is 4.79 Å². The summed E-state index contributed by atoms with van der Waals surface area (Å²) in [6, 6.07) is 0. The Morgan fingerprint density at radius 3 is 2.64 bits per heavy atom. The second kappa shape index (κ2) is 7.02. The number of H-pyrrole nitrogens is 1. The van der Waals surface area contributed by atoms with Crippen LogP contribution in [0.1, 0.15) is 78.6 Å². The molecule has 0 saturated heterocycles. The molecule has 9 atom stereocenters. The Bertz CT molecular complexity index is 698. The molecule has 5 rings (SSSR count). The lowest BCUT2D eigenvalue weighted by atomic mass is 9.48. The average molecular weight is 386 g/mol. The standard InChI is InChI=1S/C24H39N3O/c1-4-16-12-21(22(28)13-27-25-14-26-27)24(3)10-9-19-18-7-5-15(2)11-17(18)6-8-20(19)23(16)24/h14-21,23H,4-13H2,1-3H3,(H,25,26)/t15-,16+,17+,18-,19+,20+,21+,23?,24+/m0/s1. The Morgan fingerprint density at radius 2 is 1.93 bits per heavy atom. The van der Waals surface area contributed by atoms with Crippen molar-refractivity contribution in [1.29, 1.82) is 0 Å². The zero-order valence-electron chi connectivity index (χ0n) is 18.1. The van der Waals surface area contributed by atoms with E-state index in [1.807, 2.05) is 0 Å². The van der Waals surface area contributed by atoms with Crippen LogP contribution in [0.3, 0.4) is 0 Å². The lowest BCUT2D eigenvalue weighted by Crippen LogP contribution is -2.50. The molecule has 0 spiro atoms. The fourth-order valence-corrected chi connectivity index (χ4v) is 8.78. The topological polar surface area (TPSA) is 50.7 Å². The second-order valence-corrected chi connectivity index (χ2v) is 11.2. The molecule has 1 unspecified atom stereocenters. The van der Waals surface area contributed by atoms with E-state index in [0.29, 0.717) is 12.3 Å². The molecule has 0 aromatic carbocycles. The van der Waals surface area contributed by atoms with Gasteiger partial charge in [0.25, 0.3) is 0 Å². The SMILES string of the molecule is CC[C@@H]1C[C@H](C(=O)Cn2nc[nH]2)[C@@]2(C)CC[C@@H]3[C@H]4CC[C@H](C)C[C@H]4CC[C@H]3C12. The fraction of sp³-hybridized carbons (Fsp3) is 0.917. The van der Waals surface area contributed by atoms with Crippen molar-refractivity contribution in [2.45, 2.75) is 85.1 Å². The first kappa shape index (κ1) is 18.9. The van der Waals surface area contributed by atoms with Gasteiger partial charge >= 0.3 is 0 Å². The van der Waals surface area contributed by atoms with Crippen LogP contribution < -0.4 is 0 Å². The number of nitrogens with zero attached hydrogens (tertiary/aromatic N) is 2. The van der Waals surface area contributed by atoms with Crippen molar-refractivity contribution in [2.75, 3.05) is 0 Å². The number of Topliss-reactive ketones (excluding diaryl/α,β-unsaturated/α-hetero) is 1. The van der Waals surface area contributed by atoms with E-state index >= 15 is 0 Å². The largest absolute Gasteiger partial charge is 0.297 e. The molecule has 4 nitrogen and oxygen atoms in total. The van der Waals surface area contributed by atoms with E-state index in [1.54, 1.807) is 11.1 Å². The summed E-state index contributed by atoms with van der Waals surface area (Å²) >= 11 is 0. The van der Waals surface area contributed by atoms with Gasteiger partial charge in [0.2, 0.25) is 0 Å². The number of aromatic amines is 1. The minimum absolute atomic E-state index is 0.225. The van der Waals surface area contributed by atoms with E-state index < -0.39 is 0 Å². The Hall–Kier alpha value is -1.06. The molecule has 1 aromatic heterocycles. The summed E-state index contributed by atoms with van der Waals surface area (Å²) in [6.45, 7) is 7.78. The number of ketones is 1. The van der Waals surface area contributed by atoms with Crippen LogP contribution in [0.4, 0.5) is 0 Å². The molecule has 0 bridgehead atoms. The van der Waals surface area contributed by atoms with E-state index in [2.05, 4.69) is 31.0 Å². The minimum atomic E-state index is 0.225. The van der Waals surface area contributed by atoms with Gasteiger partial charge < -0.3 is 0 Å². The highest BCUT2D eigenvalue weighted by Crippen LogP contribution is 2.66. The maximum absolute atomic E-state index is 13.2. The lowest BCUT2D eigenvalue weighted by molar-refractivity contribution is -0.132. The Morgan fingerprint density at radius 1 is 1.14 bits per heavy atom. The maximum Gasteiger partial charge on any atom is 0.159 e. The molecule has 4 aliphatic rings. The molecule has 1 heterocycles. The smallest absolute Gasteiger partial charge is 0.159 e. The zero-order valence-corrected chi connectivity index (χ0v) is 18.1. The third-order valence-electron chi connectivity index (χ3n) is 9.98. The summed E-state index contributed by atoms with van der Waals surface area (Å²) in [5.41, 5.74) is 0.225. The molecule has 156 valence electrons. The first-order valence-corrected chi connectivity index (χ1v) is 12.1. The predicted molar refractivity (Wildman–Crippen MR) is 111 cm³/mol. The fourth-order valence-electron chi connectivity index (χ4n) is 8.78. The minimum Gasteiger partial charge on any atom is -0.297 e. The molecule has 4 aliphatic carbocycles. The van der Waals surface area contributed by atoms with Crippen LogP contribution in [-0.4, -0.2) is 20.8 Å². The van der Waals surface area contributed by atoms with Crippen molar-refractivity contribution in [2.24, 2.45) is 52.8 Å². The van der Waals surface area contributed by atoms with Crippen LogP contribution in [0.5, 0.6) is 0 Å². The van der Waals surface area contributed by atoms with E-state index in [-0.39, 0.29) is 11.3 Å². The van der Waals surface area contributed by atoms with Gasteiger partial charge in [0.1, 0.15) is 12.9 Å². The van der Waals surface area contributed by atoms with Crippen LogP contribution in [-0.2, 0) is 11.3 Å². The molecule has 0 aliphatic heterocycles. The predicted octanol–water partition coefficient (Wildman–Crippen LogP) is 5.32. The van der Waals surface area contributed by atoms with Gasteiger partial charge in [0, 0.05) is 5.92 Å². The number of carbonyl (C=O) groups is 1. The van der Waals surface area contributed by atoms with E-state index in [0.717, 1.165) is 47.8 Å². The molecular formula is C24H39N3O. The number of aromatic nitrogens is 3. The highest BCUT2D eigenvalue weighted by molar-refractivity contribution is 5.82. The third-order valence-corrected chi connectivity index (χ3v) is 9.98. The number of hydrogen-bond acceptors (Lipinski definition) is 2. The third kappa shape index (κ3) is 2.84. The van der Waals surface area contributed by atoms with Gasteiger partial charge in [0.15, 0.2) is 5.78 Å². The summed E-state index contributed by atoms with van der Waals surface area (Å²) in [6.07, 6.45) is 14.0. The second-order valence-electron chi connectivity index (χ2n) is 11.2. The maximum atomic E-state index is 13.2. The average Bonchev–Trinajstić information content (AvgIpc) is 2.96. The highest BCUT2D eigenvalue weighted by Gasteiger charge is 2.61. The lowest BCUT2D eigenvalue weighted by Gasteiger charge is -2.57. The van der Waals surface area contributed by atoms with E-state index in [9.17, 15) is 4.79 Å². The molecule has 4 saturated carbocycles. The van der Waals surface area contributed by atoms with Crippen LogP contribution in [0.25, 0.3) is 0 Å². The normalized spacial score (nSPS) is 48.0. The molecule has 28 heavy (non-hydrogen) atoms. The van der Waals surface area contributed by atoms with Gasteiger partial charge in [-0.25, -0.2) is 0 Å². The molecule has 0 radical (unpaired) electrons. The Balaban J connectivity index is 1.39. The number of nitrogens with one attached hydrogen (secondary N) is 1. The van der Waals surface area contributed by atoms with Crippen molar-refractivity contribution in [3.63, 3.8) is 0 Å². The highest BCUT2D eigenvalue weighted by atomic mass is 16.1. The summed E-state index contributed by atoms with van der Waals surface area (Å²) < 4.78 is 0. The quantitative estimate of drug-likeness (QED) is 0.762. The number of hydrogen-bond donors (Lipinski definition) is 1. The van der Waals surface area contributed by atoms with Crippen molar-refractivity contribution in [3.05, 3.63) is 6.33 Å². The van der Waals surface area contributed by atoms with E-state index in [4.69, 9.17) is 0 Å². The van der Waals surface area contributed by atoms with Crippen molar-refractivity contribution in [1.82, 2.24) is 15.0 Å². The molecule has 4 fully saturated rings. The zero-order chi connectivity index (χ0) is 19.5. The number of fused-ring (bicyclic) bond motifs is 5. The summed E-state index contributed by atoms with van der Waals surface area (Å²) in [5, 5.41) is 7.15. The molecular weight excluding hydrogens is 346 g/mol. The van der Waals surface area contributed by atoms with Crippen molar-refractivity contribution >= 4 is 5.78 Å². The molecule has 4 heteroatoms. The van der Waals surface area contributed by atoms with E-state index in [1.165, 1.54) is 51.4 Å². The summed E-state index contributed by atoms with van der Waals surface area (Å²) in [4.78, 5) is 14.9. The van der Waals surface area contributed by atoms with Gasteiger partial charge in [-0.05, 0) is 91.8 Å². The molecule has 0 amide bonds. The van der Waals surface area contributed by atoms with Gasteiger partial charge in [-0.15, -0.1) is 5.10 Å². The first-order chi connectivity index (χ1) is 13.5. The van der Waals surface area contributed by atoms with Crippen molar-refractivity contribution in [3.8, 4) is 0 Å². The van der Waals surface area contributed by atoms with Crippen LogP contribution >= 0.6 is 0 Å². The Kier molecular flexibility index (Phi) is 4.75. The molecule has 1 N–H and O–H groups in total. The first-order valence-electron chi connectivity index (χ1n) is 12.1. The van der Waals surface area contributed by atoms with Gasteiger partial charge in [-0.3, -0.25) is 9.89 Å². The summed E-state index contributed by atoms with van der Waals surface area (Å²) in [7, 11) is 0. The van der Waals surface area contributed by atoms with Gasteiger partial charge in [-0.2, -0.15) is 4.80 Å². The van der Waals surface area contributed by atoms with Crippen LogP contribution in [0, 0.1) is 52.8 Å². The monoisotopic (exact) mass is 385 g/mol.